The molecule has 1 aromatic rings. The SMILES string of the molecule is CCCN(CC(=O)N(CC)C1CC1)c1cccc(N)c1. The Balaban J connectivity index is 2.06. The number of rotatable bonds is 7. The lowest BCUT2D eigenvalue weighted by Gasteiger charge is -2.28. The van der Waals surface area contributed by atoms with Crippen LogP contribution in [0.25, 0.3) is 0 Å². The predicted octanol–water partition coefficient (Wildman–Crippen LogP) is 2.50. The number of carbonyl (C=O) groups excluding carboxylic acids is 1. The van der Waals surface area contributed by atoms with Crippen LogP contribution in [0.5, 0.6) is 0 Å². The number of likely N-dealkylation sites (N-methyl/N-ethyl adjacent to an activating group) is 1. The second-order valence-electron chi connectivity index (χ2n) is 5.43. The number of hydrogen-bond acceptors (Lipinski definition) is 3. The van der Waals surface area contributed by atoms with Crippen LogP contribution in [0.2, 0.25) is 0 Å². The third kappa shape index (κ3) is 3.65. The van der Waals surface area contributed by atoms with E-state index in [1.54, 1.807) is 0 Å². The van der Waals surface area contributed by atoms with Crippen molar-refractivity contribution in [2.75, 3.05) is 30.3 Å². The second kappa shape index (κ2) is 6.64. The summed E-state index contributed by atoms with van der Waals surface area (Å²) in [5.41, 5.74) is 7.62. The van der Waals surface area contributed by atoms with Gasteiger partial charge in [0.2, 0.25) is 5.91 Å². The molecule has 0 saturated heterocycles. The Bertz CT molecular complexity index is 457. The summed E-state index contributed by atoms with van der Waals surface area (Å²) in [6.07, 6.45) is 3.33. The molecular weight excluding hydrogens is 250 g/mol. The molecule has 4 nitrogen and oxygen atoms in total. The van der Waals surface area contributed by atoms with Crippen LogP contribution in [0.4, 0.5) is 11.4 Å². The van der Waals surface area contributed by atoms with Crippen molar-refractivity contribution in [3.8, 4) is 0 Å². The van der Waals surface area contributed by atoms with Gasteiger partial charge in [0.1, 0.15) is 0 Å². The Morgan fingerprint density at radius 1 is 1.35 bits per heavy atom. The molecule has 0 radical (unpaired) electrons. The summed E-state index contributed by atoms with van der Waals surface area (Å²) in [4.78, 5) is 16.6. The molecule has 0 atom stereocenters. The number of carbonyl (C=O) groups is 1. The van der Waals surface area contributed by atoms with Crippen molar-refractivity contribution in [1.82, 2.24) is 4.90 Å². The Morgan fingerprint density at radius 2 is 2.10 bits per heavy atom. The molecule has 1 fully saturated rings. The van der Waals surface area contributed by atoms with Crippen molar-refractivity contribution < 1.29 is 4.79 Å². The van der Waals surface area contributed by atoms with Crippen molar-refractivity contribution in [3.05, 3.63) is 24.3 Å². The van der Waals surface area contributed by atoms with E-state index < -0.39 is 0 Å². The van der Waals surface area contributed by atoms with E-state index in [1.807, 2.05) is 29.2 Å². The fourth-order valence-electron chi connectivity index (χ4n) is 2.57. The maximum absolute atomic E-state index is 12.5. The highest BCUT2D eigenvalue weighted by molar-refractivity contribution is 5.82. The van der Waals surface area contributed by atoms with Crippen molar-refractivity contribution >= 4 is 17.3 Å². The fourth-order valence-corrected chi connectivity index (χ4v) is 2.57. The lowest BCUT2D eigenvalue weighted by molar-refractivity contribution is -0.130. The van der Waals surface area contributed by atoms with Gasteiger partial charge < -0.3 is 15.5 Å². The van der Waals surface area contributed by atoms with Crippen LogP contribution < -0.4 is 10.6 Å². The molecule has 20 heavy (non-hydrogen) atoms. The van der Waals surface area contributed by atoms with Crippen LogP contribution in [0, 0.1) is 0 Å². The highest BCUT2D eigenvalue weighted by atomic mass is 16.2. The third-order valence-electron chi connectivity index (χ3n) is 3.70. The maximum atomic E-state index is 12.5. The molecule has 2 N–H and O–H groups in total. The van der Waals surface area contributed by atoms with E-state index in [2.05, 4.69) is 18.7 Å². The van der Waals surface area contributed by atoms with Gasteiger partial charge in [0, 0.05) is 30.5 Å². The monoisotopic (exact) mass is 275 g/mol. The molecule has 0 heterocycles. The quantitative estimate of drug-likeness (QED) is 0.778. The van der Waals surface area contributed by atoms with E-state index in [0.29, 0.717) is 12.6 Å². The predicted molar refractivity (Wildman–Crippen MR) is 83.8 cm³/mol. The Kier molecular flexibility index (Phi) is 4.88. The minimum absolute atomic E-state index is 0.228. The van der Waals surface area contributed by atoms with Gasteiger partial charge in [-0.05, 0) is 44.4 Å². The lowest BCUT2D eigenvalue weighted by atomic mass is 10.2. The van der Waals surface area contributed by atoms with Gasteiger partial charge in [-0.15, -0.1) is 0 Å². The molecule has 1 amide bonds. The minimum Gasteiger partial charge on any atom is -0.399 e. The zero-order valence-corrected chi connectivity index (χ0v) is 12.5. The van der Waals surface area contributed by atoms with Gasteiger partial charge in [-0.1, -0.05) is 13.0 Å². The number of nitrogens with two attached hydrogens (primary N) is 1. The second-order valence-corrected chi connectivity index (χ2v) is 5.43. The molecule has 1 aromatic carbocycles. The molecule has 2 rings (SSSR count). The molecular formula is C16H25N3O. The van der Waals surface area contributed by atoms with Gasteiger partial charge in [0.15, 0.2) is 0 Å². The summed E-state index contributed by atoms with van der Waals surface area (Å²) in [7, 11) is 0. The number of nitrogens with zero attached hydrogens (tertiary/aromatic N) is 2. The molecule has 1 aliphatic rings. The van der Waals surface area contributed by atoms with E-state index in [1.165, 1.54) is 0 Å². The first kappa shape index (κ1) is 14.7. The summed E-state index contributed by atoms with van der Waals surface area (Å²) < 4.78 is 0. The van der Waals surface area contributed by atoms with Gasteiger partial charge in [-0.2, -0.15) is 0 Å². The van der Waals surface area contributed by atoms with E-state index >= 15 is 0 Å². The normalized spacial score (nSPS) is 14.1. The smallest absolute Gasteiger partial charge is 0.242 e. The van der Waals surface area contributed by atoms with Crippen LogP contribution in [0.3, 0.4) is 0 Å². The largest absolute Gasteiger partial charge is 0.399 e. The summed E-state index contributed by atoms with van der Waals surface area (Å²) in [6.45, 7) is 6.31. The zero-order valence-electron chi connectivity index (χ0n) is 12.5. The zero-order chi connectivity index (χ0) is 14.5. The lowest BCUT2D eigenvalue weighted by Crippen LogP contribution is -2.41. The Labute approximate surface area is 121 Å². The average molecular weight is 275 g/mol. The number of benzene rings is 1. The van der Waals surface area contributed by atoms with Crippen LogP contribution in [0.1, 0.15) is 33.1 Å². The van der Waals surface area contributed by atoms with Gasteiger partial charge in [0.05, 0.1) is 6.54 Å². The first-order chi connectivity index (χ1) is 9.65. The molecule has 1 saturated carbocycles. The van der Waals surface area contributed by atoms with Crippen molar-refractivity contribution in [1.29, 1.82) is 0 Å². The molecule has 0 spiro atoms. The summed E-state index contributed by atoms with van der Waals surface area (Å²) in [5.74, 6) is 0.228. The van der Waals surface area contributed by atoms with Crippen LogP contribution in [-0.2, 0) is 4.79 Å². The summed E-state index contributed by atoms with van der Waals surface area (Å²) in [6, 6.07) is 8.26. The fraction of sp³-hybridized carbons (Fsp3) is 0.562. The average Bonchev–Trinajstić information content (AvgIpc) is 3.24. The van der Waals surface area contributed by atoms with Crippen LogP contribution in [0.15, 0.2) is 24.3 Å². The molecule has 0 aromatic heterocycles. The topological polar surface area (TPSA) is 49.6 Å². The Hall–Kier alpha value is -1.71. The van der Waals surface area contributed by atoms with Gasteiger partial charge in [-0.25, -0.2) is 0 Å². The highest BCUT2D eigenvalue weighted by Crippen LogP contribution is 2.27. The van der Waals surface area contributed by atoms with Crippen molar-refractivity contribution in [2.45, 2.75) is 39.2 Å². The van der Waals surface area contributed by atoms with E-state index in [0.717, 1.165) is 43.7 Å². The first-order valence-corrected chi connectivity index (χ1v) is 7.55. The molecule has 0 bridgehead atoms. The maximum Gasteiger partial charge on any atom is 0.242 e. The minimum atomic E-state index is 0.228. The van der Waals surface area contributed by atoms with E-state index in [4.69, 9.17) is 5.73 Å². The molecule has 0 aliphatic heterocycles. The molecule has 110 valence electrons. The Morgan fingerprint density at radius 3 is 2.65 bits per heavy atom. The first-order valence-electron chi connectivity index (χ1n) is 7.55. The molecule has 4 heteroatoms. The highest BCUT2D eigenvalue weighted by Gasteiger charge is 2.31. The van der Waals surface area contributed by atoms with Gasteiger partial charge in [0.25, 0.3) is 0 Å². The van der Waals surface area contributed by atoms with Gasteiger partial charge in [-0.3, -0.25) is 4.79 Å². The van der Waals surface area contributed by atoms with Crippen LogP contribution >= 0.6 is 0 Å². The molecule has 1 aliphatic carbocycles. The number of nitrogen functional groups attached to an aromatic ring is 1. The summed E-state index contributed by atoms with van der Waals surface area (Å²) >= 11 is 0. The number of amides is 1. The van der Waals surface area contributed by atoms with Crippen molar-refractivity contribution in [3.63, 3.8) is 0 Å². The van der Waals surface area contributed by atoms with Crippen LogP contribution in [-0.4, -0.2) is 36.5 Å². The van der Waals surface area contributed by atoms with E-state index in [-0.39, 0.29) is 5.91 Å². The van der Waals surface area contributed by atoms with Crippen molar-refractivity contribution in [2.24, 2.45) is 0 Å². The van der Waals surface area contributed by atoms with Gasteiger partial charge >= 0.3 is 0 Å². The number of anilines is 2. The third-order valence-corrected chi connectivity index (χ3v) is 3.70. The standard InChI is InChI=1S/C16H25N3O/c1-3-10-18(15-7-5-6-13(17)11-15)12-16(20)19(4-2)14-8-9-14/h5-7,11,14H,3-4,8-10,12,17H2,1-2H3. The van der Waals surface area contributed by atoms with E-state index in [9.17, 15) is 4.79 Å². The summed E-state index contributed by atoms with van der Waals surface area (Å²) in [5, 5.41) is 0. The molecule has 0 unspecified atom stereocenters. The number of hydrogen-bond donors (Lipinski definition) is 1.